The molecule has 0 aliphatic rings. The van der Waals surface area contributed by atoms with Crippen LogP contribution in [-0.2, 0) is 11.3 Å². The maximum absolute atomic E-state index is 9.01. The predicted molar refractivity (Wildman–Crippen MR) is 68.5 cm³/mol. The number of H-pyrrole nitrogens is 1. The van der Waals surface area contributed by atoms with Crippen molar-refractivity contribution in [1.29, 1.82) is 5.26 Å². The molecule has 0 saturated carbocycles. The summed E-state index contributed by atoms with van der Waals surface area (Å²) >= 11 is 0. The third kappa shape index (κ3) is 2.34. The summed E-state index contributed by atoms with van der Waals surface area (Å²) < 4.78 is 5.32. The molecule has 0 amide bonds. The molecule has 0 fully saturated rings. The van der Waals surface area contributed by atoms with Gasteiger partial charge in [0.15, 0.2) is 0 Å². The average molecular weight is 242 g/mol. The normalized spacial score (nSPS) is 10.2. The second kappa shape index (κ2) is 5.34. The summed E-state index contributed by atoms with van der Waals surface area (Å²) in [5.74, 6) is 0.297. The number of nitrogens with two attached hydrogens (primary N) is 1. The lowest BCUT2D eigenvalue weighted by molar-refractivity contribution is 0.134. The van der Waals surface area contributed by atoms with Crippen LogP contribution < -0.4 is 5.73 Å². The van der Waals surface area contributed by atoms with Crippen LogP contribution in [0.5, 0.6) is 0 Å². The SMILES string of the molecule is CCOCc1ccc(-c2n[nH]c(N)c2C#N)cc1. The molecule has 2 aromatic rings. The molecule has 18 heavy (non-hydrogen) atoms. The zero-order chi connectivity index (χ0) is 13.0. The second-order valence-electron chi connectivity index (χ2n) is 3.81. The number of nitriles is 1. The second-order valence-corrected chi connectivity index (χ2v) is 3.81. The summed E-state index contributed by atoms with van der Waals surface area (Å²) in [7, 11) is 0. The first-order chi connectivity index (χ1) is 8.76. The highest BCUT2D eigenvalue weighted by Crippen LogP contribution is 2.24. The van der Waals surface area contributed by atoms with E-state index >= 15 is 0 Å². The van der Waals surface area contributed by atoms with E-state index in [9.17, 15) is 0 Å². The van der Waals surface area contributed by atoms with Crippen molar-refractivity contribution in [1.82, 2.24) is 10.2 Å². The van der Waals surface area contributed by atoms with Crippen molar-refractivity contribution in [2.24, 2.45) is 0 Å². The number of nitrogens with zero attached hydrogens (tertiary/aromatic N) is 2. The molecule has 0 aliphatic heterocycles. The fourth-order valence-electron chi connectivity index (χ4n) is 1.66. The van der Waals surface area contributed by atoms with Gasteiger partial charge < -0.3 is 10.5 Å². The standard InChI is InChI=1S/C13H14N4O/c1-2-18-8-9-3-5-10(6-4-9)12-11(7-14)13(15)17-16-12/h3-6H,2,8H2,1H3,(H3,15,16,17). The Balaban J connectivity index is 2.26. The first-order valence-electron chi connectivity index (χ1n) is 5.67. The van der Waals surface area contributed by atoms with Crippen molar-refractivity contribution < 1.29 is 4.74 Å². The number of aromatic amines is 1. The minimum absolute atomic E-state index is 0.297. The Bertz CT molecular complexity index is 566. The van der Waals surface area contributed by atoms with Gasteiger partial charge in [0, 0.05) is 12.2 Å². The van der Waals surface area contributed by atoms with E-state index in [0.717, 1.165) is 11.1 Å². The number of nitrogens with one attached hydrogen (secondary N) is 1. The van der Waals surface area contributed by atoms with E-state index in [1.807, 2.05) is 37.3 Å². The molecule has 0 saturated heterocycles. The summed E-state index contributed by atoms with van der Waals surface area (Å²) in [4.78, 5) is 0. The summed E-state index contributed by atoms with van der Waals surface area (Å²) in [6.45, 7) is 3.24. The van der Waals surface area contributed by atoms with Gasteiger partial charge in [-0.2, -0.15) is 10.4 Å². The highest BCUT2D eigenvalue weighted by molar-refractivity contribution is 5.72. The quantitative estimate of drug-likeness (QED) is 0.859. The van der Waals surface area contributed by atoms with Gasteiger partial charge >= 0.3 is 0 Å². The molecule has 0 bridgehead atoms. The molecule has 0 unspecified atom stereocenters. The number of hydrogen-bond acceptors (Lipinski definition) is 4. The summed E-state index contributed by atoms with van der Waals surface area (Å²) in [5.41, 5.74) is 8.53. The molecule has 0 radical (unpaired) electrons. The Hall–Kier alpha value is -2.32. The molecular formula is C13H14N4O. The van der Waals surface area contributed by atoms with Crippen LogP contribution >= 0.6 is 0 Å². The van der Waals surface area contributed by atoms with Crippen LogP contribution in [0.1, 0.15) is 18.1 Å². The molecule has 1 aromatic carbocycles. The Morgan fingerprint density at radius 3 is 2.72 bits per heavy atom. The first kappa shape index (κ1) is 12.1. The lowest BCUT2D eigenvalue weighted by Crippen LogP contribution is -1.92. The van der Waals surface area contributed by atoms with Crippen molar-refractivity contribution in [2.75, 3.05) is 12.3 Å². The molecule has 2 rings (SSSR count). The average Bonchev–Trinajstić information content (AvgIpc) is 2.78. The van der Waals surface area contributed by atoms with Gasteiger partial charge in [0.05, 0.1) is 6.61 Å². The highest BCUT2D eigenvalue weighted by atomic mass is 16.5. The Morgan fingerprint density at radius 2 is 2.11 bits per heavy atom. The smallest absolute Gasteiger partial charge is 0.137 e. The zero-order valence-corrected chi connectivity index (χ0v) is 10.1. The Kier molecular flexibility index (Phi) is 3.60. The highest BCUT2D eigenvalue weighted by Gasteiger charge is 2.12. The fourth-order valence-corrected chi connectivity index (χ4v) is 1.66. The monoisotopic (exact) mass is 242 g/mol. The maximum Gasteiger partial charge on any atom is 0.137 e. The number of anilines is 1. The summed E-state index contributed by atoms with van der Waals surface area (Å²) in [6.07, 6.45) is 0. The Morgan fingerprint density at radius 1 is 1.39 bits per heavy atom. The van der Waals surface area contributed by atoms with Gasteiger partial charge in [-0.3, -0.25) is 5.10 Å². The van der Waals surface area contributed by atoms with Gasteiger partial charge in [0.25, 0.3) is 0 Å². The molecule has 1 aromatic heterocycles. The van der Waals surface area contributed by atoms with Crippen LogP contribution in [0, 0.1) is 11.3 Å². The number of ether oxygens (including phenoxy) is 1. The van der Waals surface area contributed by atoms with Gasteiger partial charge in [0.1, 0.15) is 23.1 Å². The molecule has 5 nitrogen and oxygen atoms in total. The van der Waals surface area contributed by atoms with Gasteiger partial charge in [-0.05, 0) is 12.5 Å². The predicted octanol–water partition coefficient (Wildman–Crippen LogP) is 2.07. The van der Waals surface area contributed by atoms with Crippen molar-refractivity contribution in [3.05, 3.63) is 35.4 Å². The molecule has 3 N–H and O–H groups in total. The minimum Gasteiger partial charge on any atom is -0.383 e. The first-order valence-corrected chi connectivity index (χ1v) is 5.67. The zero-order valence-electron chi connectivity index (χ0n) is 10.1. The molecule has 0 atom stereocenters. The topological polar surface area (TPSA) is 87.7 Å². The van der Waals surface area contributed by atoms with E-state index in [2.05, 4.69) is 10.2 Å². The summed E-state index contributed by atoms with van der Waals surface area (Å²) in [5, 5.41) is 15.7. The van der Waals surface area contributed by atoms with Crippen LogP contribution in [0.25, 0.3) is 11.3 Å². The van der Waals surface area contributed by atoms with Crippen molar-refractivity contribution in [3.63, 3.8) is 0 Å². The molecule has 92 valence electrons. The third-order valence-corrected chi connectivity index (χ3v) is 2.61. The maximum atomic E-state index is 9.01. The molecule has 0 spiro atoms. The minimum atomic E-state index is 0.297. The van der Waals surface area contributed by atoms with Crippen LogP contribution in [0.15, 0.2) is 24.3 Å². The lowest BCUT2D eigenvalue weighted by Gasteiger charge is -2.03. The van der Waals surface area contributed by atoms with E-state index in [-0.39, 0.29) is 0 Å². The fraction of sp³-hybridized carbons (Fsp3) is 0.231. The number of hydrogen-bond donors (Lipinski definition) is 2. The van der Waals surface area contributed by atoms with E-state index in [0.29, 0.717) is 30.3 Å². The molecule has 5 heteroatoms. The van der Waals surface area contributed by atoms with Gasteiger partial charge in [0.2, 0.25) is 0 Å². The van der Waals surface area contributed by atoms with Crippen LogP contribution in [0.2, 0.25) is 0 Å². The molecule has 1 heterocycles. The van der Waals surface area contributed by atoms with Crippen molar-refractivity contribution in [2.45, 2.75) is 13.5 Å². The molecular weight excluding hydrogens is 228 g/mol. The largest absolute Gasteiger partial charge is 0.383 e. The van der Waals surface area contributed by atoms with E-state index in [1.165, 1.54) is 0 Å². The van der Waals surface area contributed by atoms with Crippen LogP contribution in [-0.4, -0.2) is 16.8 Å². The third-order valence-electron chi connectivity index (χ3n) is 2.61. The van der Waals surface area contributed by atoms with Crippen LogP contribution in [0.3, 0.4) is 0 Å². The molecule has 0 aliphatic carbocycles. The number of aromatic nitrogens is 2. The van der Waals surface area contributed by atoms with Crippen LogP contribution in [0.4, 0.5) is 5.82 Å². The van der Waals surface area contributed by atoms with Crippen molar-refractivity contribution in [3.8, 4) is 17.3 Å². The van der Waals surface area contributed by atoms with Gasteiger partial charge in [-0.1, -0.05) is 24.3 Å². The van der Waals surface area contributed by atoms with Gasteiger partial charge in [-0.15, -0.1) is 0 Å². The number of nitrogen functional groups attached to an aromatic ring is 1. The van der Waals surface area contributed by atoms with Gasteiger partial charge in [-0.25, -0.2) is 0 Å². The van der Waals surface area contributed by atoms with E-state index in [4.69, 9.17) is 15.7 Å². The van der Waals surface area contributed by atoms with E-state index < -0.39 is 0 Å². The number of rotatable bonds is 4. The lowest BCUT2D eigenvalue weighted by atomic mass is 10.1. The number of benzene rings is 1. The Labute approximate surface area is 105 Å². The summed E-state index contributed by atoms with van der Waals surface area (Å²) in [6, 6.07) is 9.77. The van der Waals surface area contributed by atoms with E-state index in [1.54, 1.807) is 0 Å². The van der Waals surface area contributed by atoms with Crippen molar-refractivity contribution >= 4 is 5.82 Å².